The highest BCUT2D eigenvalue weighted by Gasteiger charge is 2.29. The summed E-state index contributed by atoms with van der Waals surface area (Å²) in [7, 11) is 0. The first-order valence-electron chi connectivity index (χ1n) is 6.49. The summed E-state index contributed by atoms with van der Waals surface area (Å²) in [5.74, 6) is 1.32. The SMILES string of the molecule is Cc1cc(F)ccc1CCn1c(Cl)nnc1C1CC1. The van der Waals surface area contributed by atoms with Crippen molar-refractivity contribution in [1.29, 1.82) is 0 Å². The van der Waals surface area contributed by atoms with Gasteiger partial charge in [0.15, 0.2) is 0 Å². The van der Waals surface area contributed by atoms with Crippen molar-refractivity contribution in [3.63, 3.8) is 0 Å². The molecule has 1 fully saturated rings. The molecule has 1 aliphatic carbocycles. The lowest BCUT2D eigenvalue weighted by molar-refractivity contribution is 0.621. The third kappa shape index (κ3) is 2.63. The van der Waals surface area contributed by atoms with E-state index in [-0.39, 0.29) is 5.82 Å². The number of nitrogens with zero attached hydrogens (tertiary/aromatic N) is 3. The summed E-state index contributed by atoms with van der Waals surface area (Å²) >= 11 is 6.08. The van der Waals surface area contributed by atoms with Gasteiger partial charge < -0.3 is 4.57 Å². The first-order valence-corrected chi connectivity index (χ1v) is 6.86. The zero-order valence-electron chi connectivity index (χ0n) is 10.7. The van der Waals surface area contributed by atoms with Crippen LogP contribution in [-0.4, -0.2) is 14.8 Å². The smallest absolute Gasteiger partial charge is 0.225 e. The number of aryl methyl sites for hydroxylation is 2. The highest BCUT2D eigenvalue weighted by atomic mass is 35.5. The average molecular weight is 280 g/mol. The number of halogens is 2. The van der Waals surface area contributed by atoms with E-state index in [0.717, 1.165) is 29.9 Å². The Kier molecular flexibility index (Phi) is 3.27. The molecule has 0 saturated heterocycles. The molecule has 1 aromatic carbocycles. The molecule has 0 unspecified atom stereocenters. The highest BCUT2D eigenvalue weighted by molar-refractivity contribution is 6.28. The number of rotatable bonds is 4. The van der Waals surface area contributed by atoms with Crippen molar-refractivity contribution in [1.82, 2.24) is 14.8 Å². The number of hydrogen-bond acceptors (Lipinski definition) is 2. The fourth-order valence-electron chi connectivity index (χ4n) is 2.32. The van der Waals surface area contributed by atoms with Crippen molar-refractivity contribution in [2.75, 3.05) is 0 Å². The minimum Gasteiger partial charge on any atom is -0.301 e. The average Bonchev–Trinajstić information content (AvgIpc) is 3.14. The molecule has 1 aliphatic rings. The van der Waals surface area contributed by atoms with Crippen LogP contribution in [0.15, 0.2) is 18.2 Å². The van der Waals surface area contributed by atoms with Crippen molar-refractivity contribution in [2.45, 2.75) is 38.6 Å². The second-order valence-electron chi connectivity index (χ2n) is 5.07. The van der Waals surface area contributed by atoms with E-state index in [1.54, 1.807) is 6.07 Å². The van der Waals surface area contributed by atoms with Crippen LogP contribution in [0.2, 0.25) is 5.28 Å². The van der Waals surface area contributed by atoms with Gasteiger partial charge in [0.25, 0.3) is 0 Å². The van der Waals surface area contributed by atoms with Crippen molar-refractivity contribution in [2.24, 2.45) is 0 Å². The normalized spacial score (nSPS) is 14.9. The second-order valence-corrected chi connectivity index (χ2v) is 5.41. The largest absolute Gasteiger partial charge is 0.301 e. The van der Waals surface area contributed by atoms with Crippen LogP contribution in [0.4, 0.5) is 4.39 Å². The van der Waals surface area contributed by atoms with Crippen LogP contribution in [-0.2, 0) is 13.0 Å². The van der Waals surface area contributed by atoms with Crippen LogP contribution in [0, 0.1) is 12.7 Å². The Morgan fingerprint density at radius 3 is 2.84 bits per heavy atom. The summed E-state index contributed by atoms with van der Waals surface area (Å²) < 4.78 is 15.0. The van der Waals surface area contributed by atoms with Crippen LogP contribution >= 0.6 is 11.6 Å². The first kappa shape index (κ1) is 12.6. The Hall–Kier alpha value is -1.42. The highest BCUT2D eigenvalue weighted by Crippen LogP contribution is 2.39. The molecule has 3 rings (SSSR count). The third-order valence-electron chi connectivity index (χ3n) is 3.59. The van der Waals surface area contributed by atoms with Crippen molar-refractivity contribution in [3.8, 4) is 0 Å². The number of hydrogen-bond donors (Lipinski definition) is 0. The van der Waals surface area contributed by atoms with E-state index in [1.165, 1.54) is 18.9 Å². The van der Waals surface area contributed by atoms with E-state index in [2.05, 4.69) is 10.2 Å². The van der Waals surface area contributed by atoms with E-state index in [0.29, 0.717) is 11.2 Å². The Morgan fingerprint density at radius 1 is 1.37 bits per heavy atom. The van der Waals surface area contributed by atoms with Gasteiger partial charge in [-0.2, -0.15) is 0 Å². The van der Waals surface area contributed by atoms with Gasteiger partial charge in [0.05, 0.1) is 0 Å². The van der Waals surface area contributed by atoms with Crippen LogP contribution in [0.3, 0.4) is 0 Å². The second kappa shape index (κ2) is 4.93. The molecule has 5 heteroatoms. The topological polar surface area (TPSA) is 30.7 Å². The molecule has 1 aromatic heterocycles. The Bertz CT molecular complexity index is 605. The van der Waals surface area contributed by atoms with E-state index in [9.17, 15) is 4.39 Å². The molecule has 100 valence electrons. The van der Waals surface area contributed by atoms with Gasteiger partial charge in [-0.1, -0.05) is 6.07 Å². The lowest BCUT2D eigenvalue weighted by atomic mass is 10.1. The lowest BCUT2D eigenvalue weighted by Gasteiger charge is -2.09. The molecule has 0 radical (unpaired) electrons. The summed E-state index contributed by atoms with van der Waals surface area (Å²) in [6.45, 7) is 2.66. The van der Waals surface area contributed by atoms with Crippen LogP contribution < -0.4 is 0 Å². The minimum atomic E-state index is -0.192. The Labute approximate surface area is 116 Å². The molecular weight excluding hydrogens is 265 g/mol. The van der Waals surface area contributed by atoms with Gasteiger partial charge in [0.1, 0.15) is 11.6 Å². The molecule has 1 saturated carbocycles. The van der Waals surface area contributed by atoms with Crippen molar-refractivity contribution in [3.05, 3.63) is 46.3 Å². The van der Waals surface area contributed by atoms with Gasteiger partial charge in [-0.15, -0.1) is 10.2 Å². The molecule has 3 nitrogen and oxygen atoms in total. The molecule has 0 atom stereocenters. The minimum absolute atomic E-state index is 0.192. The van der Waals surface area contributed by atoms with Gasteiger partial charge in [-0.25, -0.2) is 4.39 Å². The number of aromatic nitrogens is 3. The van der Waals surface area contributed by atoms with E-state index in [1.807, 2.05) is 17.6 Å². The maximum Gasteiger partial charge on any atom is 0.225 e. The Morgan fingerprint density at radius 2 is 2.16 bits per heavy atom. The molecule has 2 aromatic rings. The van der Waals surface area contributed by atoms with Crippen LogP contribution in [0.1, 0.15) is 35.7 Å². The van der Waals surface area contributed by atoms with Crippen molar-refractivity contribution < 1.29 is 4.39 Å². The molecule has 1 heterocycles. The molecule has 19 heavy (non-hydrogen) atoms. The molecular formula is C14H15ClFN3. The summed E-state index contributed by atoms with van der Waals surface area (Å²) in [5.41, 5.74) is 2.10. The summed E-state index contributed by atoms with van der Waals surface area (Å²) in [6, 6.07) is 4.89. The summed E-state index contributed by atoms with van der Waals surface area (Å²) in [5, 5.41) is 8.54. The standard InChI is InChI=1S/C14H15ClFN3/c1-9-8-12(16)5-4-10(9)6-7-19-13(11-2-3-11)17-18-14(19)15/h4-5,8,11H,2-3,6-7H2,1H3. The van der Waals surface area contributed by atoms with Gasteiger partial charge in [0.2, 0.25) is 5.28 Å². The lowest BCUT2D eigenvalue weighted by Crippen LogP contribution is -2.06. The fourth-order valence-corrected chi connectivity index (χ4v) is 2.53. The number of benzene rings is 1. The molecule has 0 aliphatic heterocycles. The summed E-state index contributed by atoms with van der Waals surface area (Å²) in [4.78, 5) is 0. The van der Waals surface area contributed by atoms with E-state index in [4.69, 9.17) is 11.6 Å². The van der Waals surface area contributed by atoms with Gasteiger partial charge >= 0.3 is 0 Å². The molecule has 0 amide bonds. The molecule has 0 N–H and O–H groups in total. The monoisotopic (exact) mass is 279 g/mol. The van der Waals surface area contributed by atoms with E-state index < -0.39 is 0 Å². The maximum absolute atomic E-state index is 13.1. The predicted molar refractivity (Wildman–Crippen MR) is 71.8 cm³/mol. The van der Waals surface area contributed by atoms with Crippen LogP contribution in [0.25, 0.3) is 0 Å². The quantitative estimate of drug-likeness (QED) is 0.858. The van der Waals surface area contributed by atoms with Gasteiger partial charge in [-0.3, -0.25) is 0 Å². The maximum atomic E-state index is 13.1. The zero-order valence-corrected chi connectivity index (χ0v) is 11.5. The predicted octanol–water partition coefficient (Wildman–Crippen LogP) is 3.50. The zero-order chi connectivity index (χ0) is 13.4. The van der Waals surface area contributed by atoms with E-state index >= 15 is 0 Å². The van der Waals surface area contributed by atoms with Gasteiger partial charge in [0, 0.05) is 12.5 Å². The molecule has 0 bridgehead atoms. The van der Waals surface area contributed by atoms with Crippen LogP contribution in [0.5, 0.6) is 0 Å². The third-order valence-corrected chi connectivity index (χ3v) is 3.87. The molecule has 0 spiro atoms. The fraction of sp³-hybridized carbons (Fsp3) is 0.429. The Balaban J connectivity index is 1.77. The van der Waals surface area contributed by atoms with Gasteiger partial charge in [-0.05, 0) is 61.0 Å². The first-order chi connectivity index (χ1) is 9.15. The summed E-state index contributed by atoms with van der Waals surface area (Å²) in [6.07, 6.45) is 3.15. The van der Waals surface area contributed by atoms with Crippen molar-refractivity contribution >= 4 is 11.6 Å².